The zero-order valence-corrected chi connectivity index (χ0v) is 13.0. The standard InChI is InChI=1S/C17H19N3O2/c1-12(2)17-18-8-9-20(17)11-16-19-10-15(22-16)13-4-6-14(21-3)7-5-13/h4-10,12H,11H2,1-3H3. The maximum Gasteiger partial charge on any atom is 0.214 e. The Kier molecular flexibility index (Phi) is 3.96. The molecule has 3 rings (SSSR count). The molecule has 114 valence electrons. The van der Waals surface area contributed by atoms with E-state index in [1.807, 2.05) is 36.7 Å². The van der Waals surface area contributed by atoms with E-state index in [1.165, 1.54) is 0 Å². The second kappa shape index (κ2) is 6.05. The third kappa shape index (κ3) is 2.88. The van der Waals surface area contributed by atoms with Crippen molar-refractivity contribution in [3.8, 4) is 17.1 Å². The number of nitrogens with zero attached hydrogens (tertiary/aromatic N) is 3. The fraction of sp³-hybridized carbons (Fsp3) is 0.294. The Hall–Kier alpha value is -2.56. The molecule has 0 aliphatic rings. The van der Waals surface area contributed by atoms with Crippen LogP contribution in [0, 0.1) is 0 Å². The first-order valence-corrected chi connectivity index (χ1v) is 7.27. The molecule has 0 fully saturated rings. The van der Waals surface area contributed by atoms with Gasteiger partial charge in [-0.15, -0.1) is 0 Å². The number of methoxy groups -OCH3 is 1. The lowest BCUT2D eigenvalue weighted by molar-refractivity contribution is 0.415. The molecular weight excluding hydrogens is 278 g/mol. The fourth-order valence-corrected chi connectivity index (χ4v) is 2.37. The second-order valence-corrected chi connectivity index (χ2v) is 5.41. The predicted octanol–water partition coefficient (Wildman–Crippen LogP) is 3.72. The minimum Gasteiger partial charge on any atom is -0.497 e. The van der Waals surface area contributed by atoms with E-state index in [2.05, 4.69) is 28.4 Å². The summed E-state index contributed by atoms with van der Waals surface area (Å²) in [4.78, 5) is 8.74. The minimum atomic E-state index is 0.367. The molecule has 0 aliphatic heterocycles. The summed E-state index contributed by atoms with van der Waals surface area (Å²) in [6.07, 6.45) is 5.51. The van der Waals surface area contributed by atoms with Crippen LogP contribution in [0.15, 0.2) is 47.3 Å². The number of hydrogen-bond acceptors (Lipinski definition) is 4. The highest BCUT2D eigenvalue weighted by Crippen LogP contribution is 2.23. The third-order valence-electron chi connectivity index (χ3n) is 3.50. The molecule has 5 nitrogen and oxygen atoms in total. The largest absolute Gasteiger partial charge is 0.497 e. The van der Waals surface area contributed by atoms with Crippen molar-refractivity contribution in [2.45, 2.75) is 26.3 Å². The van der Waals surface area contributed by atoms with E-state index < -0.39 is 0 Å². The molecule has 0 saturated carbocycles. The number of imidazole rings is 1. The first-order valence-electron chi connectivity index (χ1n) is 7.27. The molecule has 22 heavy (non-hydrogen) atoms. The highest BCUT2D eigenvalue weighted by Gasteiger charge is 2.11. The molecule has 0 N–H and O–H groups in total. The van der Waals surface area contributed by atoms with Gasteiger partial charge in [0.15, 0.2) is 5.76 Å². The molecule has 3 aromatic rings. The lowest BCUT2D eigenvalue weighted by Crippen LogP contribution is -2.05. The Morgan fingerprint density at radius 1 is 1.18 bits per heavy atom. The van der Waals surface area contributed by atoms with Gasteiger partial charge >= 0.3 is 0 Å². The topological polar surface area (TPSA) is 53.1 Å². The molecule has 1 aromatic carbocycles. The molecule has 0 bridgehead atoms. The van der Waals surface area contributed by atoms with Crippen molar-refractivity contribution < 1.29 is 9.15 Å². The minimum absolute atomic E-state index is 0.367. The van der Waals surface area contributed by atoms with Gasteiger partial charge in [-0.3, -0.25) is 0 Å². The van der Waals surface area contributed by atoms with Crippen molar-refractivity contribution in [2.75, 3.05) is 7.11 Å². The number of hydrogen-bond donors (Lipinski definition) is 0. The molecule has 0 aliphatic carbocycles. The molecule has 0 saturated heterocycles. The van der Waals surface area contributed by atoms with Crippen LogP contribution in [0.4, 0.5) is 0 Å². The van der Waals surface area contributed by atoms with Crippen LogP contribution in [-0.4, -0.2) is 21.6 Å². The van der Waals surface area contributed by atoms with Gasteiger partial charge in [0.1, 0.15) is 18.1 Å². The van der Waals surface area contributed by atoms with Crippen molar-refractivity contribution in [1.29, 1.82) is 0 Å². The quantitative estimate of drug-likeness (QED) is 0.720. The Bertz CT molecular complexity index is 741. The maximum atomic E-state index is 5.85. The summed E-state index contributed by atoms with van der Waals surface area (Å²) >= 11 is 0. The van der Waals surface area contributed by atoms with Gasteiger partial charge in [-0.1, -0.05) is 13.8 Å². The Balaban J connectivity index is 1.79. The van der Waals surface area contributed by atoms with Crippen LogP contribution in [0.1, 0.15) is 31.5 Å². The van der Waals surface area contributed by atoms with Gasteiger partial charge in [0.05, 0.1) is 13.3 Å². The van der Waals surface area contributed by atoms with Gasteiger partial charge in [-0.2, -0.15) is 0 Å². The summed E-state index contributed by atoms with van der Waals surface area (Å²) < 4.78 is 13.1. The Morgan fingerprint density at radius 2 is 1.95 bits per heavy atom. The molecule has 2 heterocycles. The van der Waals surface area contributed by atoms with Gasteiger partial charge in [-0.25, -0.2) is 9.97 Å². The summed E-state index contributed by atoms with van der Waals surface area (Å²) in [6.45, 7) is 4.83. The normalized spacial score (nSPS) is 11.1. The number of rotatable bonds is 5. The van der Waals surface area contributed by atoms with Crippen LogP contribution in [0.25, 0.3) is 11.3 Å². The molecule has 0 radical (unpaired) electrons. The van der Waals surface area contributed by atoms with E-state index in [4.69, 9.17) is 9.15 Å². The van der Waals surface area contributed by atoms with Gasteiger partial charge in [0.2, 0.25) is 5.89 Å². The van der Waals surface area contributed by atoms with Gasteiger partial charge in [0.25, 0.3) is 0 Å². The molecule has 0 unspecified atom stereocenters. The zero-order valence-electron chi connectivity index (χ0n) is 13.0. The molecule has 0 spiro atoms. The number of benzene rings is 1. The predicted molar refractivity (Wildman–Crippen MR) is 83.9 cm³/mol. The average molecular weight is 297 g/mol. The van der Waals surface area contributed by atoms with E-state index in [0.717, 1.165) is 22.9 Å². The molecule has 0 amide bonds. The van der Waals surface area contributed by atoms with Crippen LogP contribution in [0.3, 0.4) is 0 Å². The van der Waals surface area contributed by atoms with Crippen LogP contribution in [0.2, 0.25) is 0 Å². The maximum absolute atomic E-state index is 5.85. The van der Waals surface area contributed by atoms with Crippen molar-refractivity contribution in [2.24, 2.45) is 0 Å². The smallest absolute Gasteiger partial charge is 0.214 e. The van der Waals surface area contributed by atoms with E-state index >= 15 is 0 Å². The van der Waals surface area contributed by atoms with E-state index in [0.29, 0.717) is 18.4 Å². The summed E-state index contributed by atoms with van der Waals surface area (Å²) in [6, 6.07) is 7.73. The second-order valence-electron chi connectivity index (χ2n) is 5.41. The molecule has 5 heteroatoms. The van der Waals surface area contributed by atoms with Crippen LogP contribution in [0.5, 0.6) is 5.75 Å². The monoisotopic (exact) mass is 297 g/mol. The van der Waals surface area contributed by atoms with E-state index in [9.17, 15) is 0 Å². The van der Waals surface area contributed by atoms with Crippen molar-refractivity contribution in [3.63, 3.8) is 0 Å². The summed E-state index contributed by atoms with van der Waals surface area (Å²) in [5.74, 6) is 3.65. The first-order chi connectivity index (χ1) is 10.7. The highest BCUT2D eigenvalue weighted by atomic mass is 16.5. The SMILES string of the molecule is COc1ccc(-c2cnc(Cn3ccnc3C(C)C)o2)cc1. The average Bonchev–Trinajstić information content (AvgIpc) is 3.17. The lowest BCUT2D eigenvalue weighted by atomic mass is 10.2. The summed E-state index contributed by atoms with van der Waals surface area (Å²) in [5, 5.41) is 0. The van der Waals surface area contributed by atoms with E-state index in [1.54, 1.807) is 13.3 Å². The first kappa shape index (κ1) is 14.4. The zero-order chi connectivity index (χ0) is 15.5. The van der Waals surface area contributed by atoms with Crippen molar-refractivity contribution in [1.82, 2.24) is 14.5 Å². The lowest BCUT2D eigenvalue weighted by Gasteiger charge is -2.07. The number of aromatic nitrogens is 3. The van der Waals surface area contributed by atoms with Gasteiger partial charge < -0.3 is 13.7 Å². The molecule has 0 atom stereocenters. The molecular formula is C17H19N3O2. The Morgan fingerprint density at radius 3 is 2.64 bits per heavy atom. The summed E-state index contributed by atoms with van der Waals surface area (Å²) in [5.41, 5.74) is 0.981. The molecule has 2 aromatic heterocycles. The van der Waals surface area contributed by atoms with Crippen molar-refractivity contribution >= 4 is 0 Å². The fourth-order valence-electron chi connectivity index (χ4n) is 2.37. The Labute approximate surface area is 129 Å². The van der Waals surface area contributed by atoms with Crippen LogP contribution < -0.4 is 4.74 Å². The van der Waals surface area contributed by atoms with Crippen LogP contribution in [-0.2, 0) is 6.54 Å². The third-order valence-corrected chi connectivity index (χ3v) is 3.50. The number of ether oxygens (including phenoxy) is 1. The number of oxazole rings is 1. The summed E-state index contributed by atoms with van der Waals surface area (Å²) in [7, 11) is 1.65. The van der Waals surface area contributed by atoms with Crippen LogP contribution >= 0.6 is 0 Å². The van der Waals surface area contributed by atoms with Crippen molar-refractivity contribution in [3.05, 3.63) is 54.6 Å². The van der Waals surface area contributed by atoms with Gasteiger partial charge in [0, 0.05) is 23.9 Å². The van der Waals surface area contributed by atoms with Gasteiger partial charge in [-0.05, 0) is 24.3 Å². The van der Waals surface area contributed by atoms with E-state index in [-0.39, 0.29) is 0 Å². The highest BCUT2D eigenvalue weighted by molar-refractivity contribution is 5.57.